The first-order valence-electron chi connectivity index (χ1n) is 4.11. The third-order valence-corrected chi connectivity index (χ3v) is 5.04. The molecule has 6 heteroatoms. The molecule has 2 nitrogen and oxygen atoms in total. The molecular weight excluding hydrogens is 407 g/mol. The fraction of sp³-hybridized carbons (Fsp3) is 0.111. The van der Waals surface area contributed by atoms with Crippen LogP contribution in [0.5, 0.6) is 0 Å². The van der Waals surface area contributed by atoms with E-state index in [1.807, 2.05) is 18.2 Å². The summed E-state index contributed by atoms with van der Waals surface area (Å²) in [6, 6.07) is 8.18. The zero-order valence-electron chi connectivity index (χ0n) is 7.48. The minimum absolute atomic E-state index is 0.822. The molecule has 0 saturated heterocycles. The fourth-order valence-electron chi connectivity index (χ4n) is 0.995. The van der Waals surface area contributed by atoms with Crippen LogP contribution < -0.4 is 0 Å². The van der Waals surface area contributed by atoms with Crippen LogP contribution in [0.2, 0.25) is 0 Å². The molecule has 0 aliphatic carbocycles. The van der Waals surface area contributed by atoms with Gasteiger partial charge in [0.05, 0.1) is 5.75 Å². The molecule has 0 radical (unpaired) electrons. The van der Waals surface area contributed by atoms with Crippen LogP contribution in [0.25, 0.3) is 0 Å². The number of aromatic nitrogens is 2. The maximum atomic E-state index is 4.31. The number of nitrogens with zero attached hydrogens (tertiary/aromatic N) is 2. The molecule has 15 heavy (non-hydrogen) atoms. The highest BCUT2D eigenvalue weighted by Crippen LogP contribution is 2.29. The van der Waals surface area contributed by atoms with Crippen LogP contribution >= 0.6 is 61.8 Å². The summed E-state index contributed by atoms with van der Waals surface area (Å²) < 4.78 is 6.37. The topological polar surface area (TPSA) is 25.8 Å². The lowest BCUT2D eigenvalue weighted by Crippen LogP contribution is -1.84. The Kier molecular flexibility index (Phi) is 4.41. The summed E-state index contributed by atoms with van der Waals surface area (Å²) in [6.07, 6.45) is 0. The Morgan fingerprint density at radius 3 is 2.87 bits per heavy atom. The van der Waals surface area contributed by atoms with Gasteiger partial charge in [0.1, 0.15) is 0 Å². The molecule has 0 spiro atoms. The van der Waals surface area contributed by atoms with E-state index in [-0.39, 0.29) is 0 Å². The van der Waals surface area contributed by atoms with Crippen LogP contribution in [0, 0.1) is 3.01 Å². The lowest BCUT2D eigenvalue weighted by Gasteiger charge is -2.00. The van der Waals surface area contributed by atoms with Gasteiger partial charge in [0.2, 0.25) is 0 Å². The molecule has 0 aliphatic rings. The smallest absolute Gasteiger partial charge is 0.174 e. The van der Waals surface area contributed by atoms with Crippen molar-refractivity contribution in [3.63, 3.8) is 0 Å². The number of halogens is 2. The Bertz CT molecular complexity index is 461. The Hall–Kier alpha value is 0.340. The minimum atomic E-state index is 0.822. The second-order valence-corrected chi connectivity index (χ2v) is 7.06. The molecule has 0 amide bonds. The molecule has 0 fully saturated rings. The van der Waals surface area contributed by atoms with Gasteiger partial charge in [-0.1, -0.05) is 12.1 Å². The Labute approximate surface area is 118 Å². The zero-order valence-corrected chi connectivity index (χ0v) is 12.9. The van der Waals surface area contributed by atoms with Crippen molar-refractivity contribution in [2.75, 3.05) is 0 Å². The summed E-state index contributed by atoms with van der Waals surface area (Å²) in [5, 5.41) is 0. The lowest BCUT2D eigenvalue weighted by molar-refractivity contribution is 1.12. The van der Waals surface area contributed by atoms with E-state index in [1.54, 1.807) is 11.8 Å². The van der Waals surface area contributed by atoms with Crippen LogP contribution in [0.4, 0.5) is 0 Å². The van der Waals surface area contributed by atoms with Gasteiger partial charge in [-0.3, -0.25) is 0 Å². The highest BCUT2D eigenvalue weighted by molar-refractivity contribution is 14.1. The molecule has 0 aliphatic heterocycles. The highest BCUT2D eigenvalue weighted by atomic mass is 127. The third kappa shape index (κ3) is 3.40. The fourth-order valence-corrected chi connectivity index (χ4v) is 3.51. The Morgan fingerprint density at radius 2 is 2.20 bits per heavy atom. The average molecular weight is 413 g/mol. The normalized spacial score (nSPS) is 10.5. The van der Waals surface area contributed by atoms with Gasteiger partial charge in [-0.2, -0.15) is 4.37 Å². The quantitative estimate of drug-likeness (QED) is 0.558. The molecular formula is C9H6BrIN2S2. The van der Waals surface area contributed by atoms with Crippen molar-refractivity contribution in [3.05, 3.63) is 37.6 Å². The van der Waals surface area contributed by atoms with Gasteiger partial charge >= 0.3 is 0 Å². The Morgan fingerprint density at radius 1 is 1.40 bits per heavy atom. The van der Waals surface area contributed by atoms with Gasteiger partial charge in [-0.15, -0.1) is 11.8 Å². The van der Waals surface area contributed by atoms with Crippen LogP contribution in [-0.4, -0.2) is 9.36 Å². The maximum Gasteiger partial charge on any atom is 0.174 e. The third-order valence-electron chi connectivity index (χ3n) is 1.64. The van der Waals surface area contributed by atoms with E-state index in [1.165, 1.54) is 16.4 Å². The van der Waals surface area contributed by atoms with E-state index < -0.39 is 0 Å². The lowest BCUT2D eigenvalue weighted by atomic mass is 10.4. The predicted molar refractivity (Wildman–Crippen MR) is 76.3 cm³/mol. The van der Waals surface area contributed by atoms with Gasteiger partial charge in [0, 0.05) is 9.37 Å². The van der Waals surface area contributed by atoms with E-state index in [0.717, 1.165) is 19.1 Å². The van der Waals surface area contributed by atoms with Crippen molar-refractivity contribution >= 4 is 61.8 Å². The summed E-state index contributed by atoms with van der Waals surface area (Å²) in [5.74, 6) is 1.73. The van der Waals surface area contributed by atoms with Crippen LogP contribution in [0.15, 0.2) is 33.6 Å². The largest absolute Gasteiger partial charge is 0.213 e. The standard InChI is InChI=1S/C9H6BrIN2S2/c10-6-3-1-2-4-7(6)14-5-8-12-9(11)15-13-8/h1-4H,5H2. The highest BCUT2D eigenvalue weighted by Gasteiger charge is 2.04. The molecule has 2 rings (SSSR count). The van der Waals surface area contributed by atoms with Crippen LogP contribution in [0.1, 0.15) is 5.82 Å². The first-order valence-corrected chi connectivity index (χ1v) is 7.74. The SMILES string of the molecule is Brc1ccccc1SCc1nsc(I)n1. The monoisotopic (exact) mass is 412 g/mol. The first kappa shape index (κ1) is 11.8. The van der Waals surface area contributed by atoms with Gasteiger partial charge in [-0.25, -0.2) is 4.98 Å². The number of benzene rings is 1. The van der Waals surface area contributed by atoms with Gasteiger partial charge in [0.25, 0.3) is 0 Å². The molecule has 78 valence electrons. The van der Waals surface area contributed by atoms with Crippen LogP contribution in [0.3, 0.4) is 0 Å². The summed E-state index contributed by atoms with van der Waals surface area (Å²) >= 11 is 8.89. The summed E-state index contributed by atoms with van der Waals surface area (Å²) in [5.41, 5.74) is 0. The molecule has 0 N–H and O–H groups in total. The van der Waals surface area contributed by atoms with Crippen molar-refractivity contribution in [1.82, 2.24) is 9.36 Å². The Balaban J connectivity index is 2.02. The van der Waals surface area contributed by atoms with E-state index in [2.05, 4.69) is 53.9 Å². The second kappa shape index (κ2) is 5.60. The van der Waals surface area contributed by atoms with E-state index in [9.17, 15) is 0 Å². The molecule has 1 heterocycles. The number of thioether (sulfide) groups is 1. The second-order valence-electron chi connectivity index (χ2n) is 2.68. The minimum Gasteiger partial charge on any atom is -0.213 e. The zero-order chi connectivity index (χ0) is 10.7. The summed E-state index contributed by atoms with van der Waals surface area (Å²) in [7, 11) is 0. The number of hydrogen-bond donors (Lipinski definition) is 0. The van der Waals surface area contributed by atoms with Crippen molar-refractivity contribution < 1.29 is 0 Å². The molecule has 0 unspecified atom stereocenters. The van der Waals surface area contributed by atoms with E-state index >= 15 is 0 Å². The molecule has 0 bridgehead atoms. The van der Waals surface area contributed by atoms with Crippen LogP contribution in [-0.2, 0) is 5.75 Å². The van der Waals surface area contributed by atoms with Crippen molar-refractivity contribution in [2.45, 2.75) is 10.6 Å². The van der Waals surface area contributed by atoms with E-state index in [4.69, 9.17) is 0 Å². The molecule has 0 saturated carbocycles. The van der Waals surface area contributed by atoms with E-state index in [0.29, 0.717) is 0 Å². The molecule has 1 aromatic heterocycles. The van der Waals surface area contributed by atoms with Crippen molar-refractivity contribution in [3.8, 4) is 0 Å². The summed E-state index contributed by atoms with van der Waals surface area (Å²) in [6.45, 7) is 0. The molecule has 1 aromatic carbocycles. The first-order chi connectivity index (χ1) is 7.25. The number of hydrogen-bond acceptors (Lipinski definition) is 4. The molecule has 2 aromatic rings. The summed E-state index contributed by atoms with van der Waals surface area (Å²) in [4.78, 5) is 5.54. The van der Waals surface area contributed by atoms with Crippen molar-refractivity contribution in [2.24, 2.45) is 0 Å². The average Bonchev–Trinajstić information content (AvgIpc) is 2.63. The van der Waals surface area contributed by atoms with Gasteiger partial charge in [0.15, 0.2) is 8.84 Å². The number of rotatable bonds is 3. The maximum absolute atomic E-state index is 4.31. The van der Waals surface area contributed by atoms with Gasteiger partial charge < -0.3 is 0 Å². The van der Waals surface area contributed by atoms with Crippen molar-refractivity contribution in [1.29, 1.82) is 0 Å². The predicted octanol–water partition coefficient (Wildman–Crippen LogP) is 4.20. The van der Waals surface area contributed by atoms with Gasteiger partial charge in [-0.05, 0) is 62.2 Å². The molecule has 0 atom stereocenters.